The summed E-state index contributed by atoms with van der Waals surface area (Å²) in [5, 5.41) is 16.8. The first-order valence-corrected chi connectivity index (χ1v) is 12.2. The van der Waals surface area contributed by atoms with Crippen molar-refractivity contribution in [1.82, 2.24) is 15.0 Å². The van der Waals surface area contributed by atoms with Gasteiger partial charge in [-0.1, -0.05) is 102 Å². The van der Waals surface area contributed by atoms with Gasteiger partial charge in [0.15, 0.2) is 0 Å². The highest BCUT2D eigenvalue weighted by Crippen LogP contribution is 2.50. The zero-order valence-electron chi connectivity index (χ0n) is 20.2. The smallest absolute Gasteiger partial charge is 0.139 e. The van der Waals surface area contributed by atoms with Gasteiger partial charge in [-0.05, 0) is 43.2 Å². The third-order valence-corrected chi connectivity index (χ3v) is 6.96. The second-order valence-corrected chi connectivity index (χ2v) is 9.21. The van der Waals surface area contributed by atoms with Gasteiger partial charge in [0.2, 0.25) is 0 Å². The van der Waals surface area contributed by atoms with Gasteiger partial charge >= 0.3 is 0 Å². The van der Waals surface area contributed by atoms with Gasteiger partial charge in [0, 0.05) is 5.56 Å². The highest BCUT2D eigenvalue weighted by molar-refractivity contribution is 6.09. The number of para-hydroxylation sites is 2. The molecule has 0 aliphatic carbocycles. The number of aryl methyl sites for hydroxylation is 1. The molecule has 0 saturated carbocycles. The van der Waals surface area contributed by atoms with Crippen molar-refractivity contribution < 1.29 is 0 Å². The van der Waals surface area contributed by atoms with Crippen molar-refractivity contribution in [2.75, 3.05) is 5.01 Å². The molecule has 4 aromatic carbocycles. The van der Waals surface area contributed by atoms with E-state index in [2.05, 4.69) is 107 Å². The molecule has 0 fully saturated rings. The summed E-state index contributed by atoms with van der Waals surface area (Å²) in [7, 11) is 0. The second kappa shape index (κ2) is 8.93. The molecule has 5 aromatic rings. The summed E-state index contributed by atoms with van der Waals surface area (Å²) in [5.41, 5.74) is 6.51. The maximum absolute atomic E-state index is 5.36. The van der Waals surface area contributed by atoms with E-state index in [1.54, 1.807) is 0 Å². The van der Waals surface area contributed by atoms with E-state index < -0.39 is 5.54 Å². The van der Waals surface area contributed by atoms with E-state index in [1.165, 1.54) is 5.56 Å². The Balaban J connectivity index is 1.71. The van der Waals surface area contributed by atoms with Crippen molar-refractivity contribution in [1.29, 1.82) is 0 Å². The second-order valence-electron chi connectivity index (χ2n) is 9.21. The Hall–Kier alpha value is -4.51. The highest BCUT2D eigenvalue weighted by Gasteiger charge is 2.55. The largest absolute Gasteiger partial charge is 0.255 e. The first-order chi connectivity index (χ1) is 17.7. The number of aromatic nitrogens is 3. The summed E-state index contributed by atoms with van der Waals surface area (Å²) in [6.45, 7) is 6.30. The summed E-state index contributed by atoms with van der Waals surface area (Å²) < 4.78 is 2.07. The lowest BCUT2D eigenvalue weighted by Gasteiger charge is -2.39. The molecule has 1 aliphatic heterocycles. The van der Waals surface area contributed by atoms with Crippen LogP contribution in [0.2, 0.25) is 0 Å². The van der Waals surface area contributed by atoms with Crippen LogP contribution in [-0.4, -0.2) is 20.7 Å². The van der Waals surface area contributed by atoms with E-state index in [1.807, 2.05) is 36.4 Å². The molecule has 0 saturated heterocycles. The van der Waals surface area contributed by atoms with Crippen LogP contribution >= 0.6 is 0 Å². The first kappa shape index (κ1) is 22.0. The molecule has 0 amide bonds. The number of hydrazone groups is 1. The average Bonchev–Trinajstić information content (AvgIpc) is 3.51. The summed E-state index contributed by atoms with van der Waals surface area (Å²) in [6, 6.07) is 37.4. The molecule has 0 radical (unpaired) electrons. The van der Waals surface area contributed by atoms with Crippen LogP contribution in [-0.2, 0) is 5.54 Å². The summed E-state index contributed by atoms with van der Waals surface area (Å²) >= 11 is 0. The Morgan fingerprint density at radius 3 is 2.22 bits per heavy atom. The Morgan fingerprint density at radius 1 is 0.833 bits per heavy atom. The first-order valence-electron chi connectivity index (χ1n) is 12.2. The van der Waals surface area contributed by atoms with Gasteiger partial charge in [0.05, 0.1) is 16.9 Å². The summed E-state index contributed by atoms with van der Waals surface area (Å²) in [4.78, 5) is 0. The molecule has 1 aromatic heterocycles. The van der Waals surface area contributed by atoms with Crippen LogP contribution in [0.25, 0.3) is 11.0 Å². The zero-order valence-corrected chi connectivity index (χ0v) is 20.2. The number of hydrogen-bond donors (Lipinski definition) is 0. The molecule has 5 nitrogen and oxygen atoms in total. The van der Waals surface area contributed by atoms with Crippen LogP contribution in [0.1, 0.15) is 29.2 Å². The third-order valence-electron chi connectivity index (χ3n) is 6.96. The predicted octanol–water partition coefficient (Wildman–Crippen LogP) is 6.68. The molecule has 6 rings (SSSR count). The monoisotopic (exact) mass is 469 g/mol. The van der Waals surface area contributed by atoms with Gasteiger partial charge in [0.25, 0.3) is 0 Å². The molecule has 2 heterocycles. The minimum Gasteiger partial charge on any atom is -0.255 e. The maximum Gasteiger partial charge on any atom is 0.139 e. The van der Waals surface area contributed by atoms with Gasteiger partial charge in [0.1, 0.15) is 17.1 Å². The molecule has 5 heteroatoms. The number of hydrogen-bond acceptors (Lipinski definition) is 4. The van der Waals surface area contributed by atoms with Gasteiger partial charge in [-0.15, -0.1) is 11.7 Å². The van der Waals surface area contributed by atoms with Gasteiger partial charge in [-0.2, -0.15) is 5.10 Å². The average molecular weight is 470 g/mol. The molecule has 36 heavy (non-hydrogen) atoms. The molecule has 0 bridgehead atoms. The molecule has 0 N–H and O–H groups in total. The van der Waals surface area contributed by atoms with Crippen LogP contribution in [0, 0.1) is 6.92 Å². The van der Waals surface area contributed by atoms with Crippen LogP contribution < -0.4 is 5.01 Å². The van der Waals surface area contributed by atoms with E-state index >= 15 is 0 Å². The van der Waals surface area contributed by atoms with E-state index in [9.17, 15) is 0 Å². The molecule has 1 aliphatic rings. The number of rotatable bonds is 6. The quantitative estimate of drug-likeness (QED) is 0.261. The van der Waals surface area contributed by atoms with Gasteiger partial charge in [-0.25, -0.2) is 4.68 Å². The molecule has 176 valence electrons. The molecule has 0 unspecified atom stereocenters. The van der Waals surface area contributed by atoms with E-state index in [0.29, 0.717) is 6.42 Å². The number of fused-ring (bicyclic) bond motifs is 1. The lowest BCUT2D eigenvalue weighted by molar-refractivity contribution is 0.316. The zero-order chi connectivity index (χ0) is 24.5. The van der Waals surface area contributed by atoms with Crippen molar-refractivity contribution >= 4 is 22.4 Å². The number of anilines is 1. The van der Waals surface area contributed by atoms with Crippen molar-refractivity contribution in [3.63, 3.8) is 0 Å². The van der Waals surface area contributed by atoms with Crippen molar-refractivity contribution in [2.24, 2.45) is 5.10 Å². The van der Waals surface area contributed by atoms with Crippen molar-refractivity contribution in [3.05, 3.63) is 139 Å². The van der Waals surface area contributed by atoms with Gasteiger partial charge < -0.3 is 0 Å². The highest BCUT2D eigenvalue weighted by atomic mass is 15.6. The summed E-state index contributed by atoms with van der Waals surface area (Å²) in [6.07, 6.45) is 2.60. The number of benzene rings is 4. The van der Waals surface area contributed by atoms with Crippen LogP contribution in [0.15, 0.2) is 127 Å². The SMILES string of the molecule is C=CC[C@]1(n2nnc3ccccc32)C(c2ccccc2)=NN(c2ccccc2)[C@H]1c1ccc(C)cc1. The normalized spacial score (nSPS) is 19.4. The molecule has 2 atom stereocenters. The van der Waals surface area contributed by atoms with Crippen LogP contribution in [0.5, 0.6) is 0 Å². The Kier molecular flexibility index (Phi) is 5.45. The van der Waals surface area contributed by atoms with Gasteiger partial charge in [-0.3, -0.25) is 5.01 Å². The number of allylic oxidation sites excluding steroid dienone is 1. The Labute approximate surface area is 211 Å². The minimum atomic E-state index is -0.690. The number of nitrogens with zero attached hydrogens (tertiary/aromatic N) is 5. The Bertz CT molecular complexity index is 1540. The Morgan fingerprint density at radius 2 is 1.50 bits per heavy atom. The van der Waals surface area contributed by atoms with Crippen molar-refractivity contribution in [2.45, 2.75) is 24.9 Å². The molecular weight excluding hydrogens is 442 g/mol. The fourth-order valence-corrected chi connectivity index (χ4v) is 5.34. The lowest BCUT2D eigenvalue weighted by Crippen LogP contribution is -2.47. The van der Waals surface area contributed by atoms with Crippen LogP contribution in [0.4, 0.5) is 5.69 Å². The van der Waals surface area contributed by atoms with E-state index in [-0.39, 0.29) is 6.04 Å². The topological polar surface area (TPSA) is 46.3 Å². The molecular formula is C31H27N5. The standard InChI is InChI=1S/C31H27N5/c1-3-22-31(36-28-17-11-10-16-27(28)32-34-36)29(24-12-6-4-7-13-24)33-35(26-14-8-5-9-15-26)30(31)25-20-18-23(2)19-21-25/h3-21,30H,1,22H2,2H3/t30-,31-/m0/s1. The van der Waals surface area contributed by atoms with Crippen molar-refractivity contribution in [3.8, 4) is 0 Å². The fraction of sp³-hybridized carbons (Fsp3) is 0.129. The summed E-state index contributed by atoms with van der Waals surface area (Å²) in [5.74, 6) is 0. The van der Waals surface area contributed by atoms with Crippen LogP contribution in [0.3, 0.4) is 0 Å². The van der Waals surface area contributed by atoms with E-state index in [4.69, 9.17) is 10.3 Å². The maximum atomic E-state index is 5.36. The minimum absolute atomic E-state index is 0.182. The predicted molar refractivity (Wildman–Crippen MR) is 146 cm³/mol. The lowest BCUT2D eigenvalue weighted by atomic mass is 9.76. The van der Waals surface area contributed by atoms with E-state index in [0.717, 1.165) is 33.6 Å². The molecule has 0 spiro atoms. The fourth-order valence-electron chi connectivity index (χ4n) is 5.34. The third kappa shape index (κ3) is 3.43.